The summed E-state index contributed by atoms with van der Waals surface area (Å²) < 4.78 is 5.12. The lowest BCUT2D eigenvalue weighted by molar-refractivity contribution is 0.467. The van der Waals surface area contributed by atoms with Crippen molar-refractivity contribution in [1.82, 2.24) is 0 Å². The first kappa shape index (κ1) is 7.31. The summed E-state index contributed by atoms with van der Waals surface area (Å²) >= 11 is 0. The Morgan fingerprint density at radius 2 is 2.10 bits per heavy atom. The third kappa shape index (κ3) is 1.37. The van der Waals surface area contributed by atoms with Crippen molar-refractivity contribution in [3.05, 3.63) is 24.2 Å². The van der Waals surface area contributed by atoms with E-state index in [0.717, 1.165) is 5.76 Å². The molecule has 0 aliphatic carbocycles. The van der Waals surface area contributed by atoms with Crippen LogP contribution in [0.2, 0.25) is 0 Å². The predicted molar refractivity (Wildman–Crippen MR) is 39.6 cm³/mol. The van der Waals surface area contributed by atoms with Crippen LogP contribution in [0.15, 0.2) is 22.8 Å². The minimum Gasteiger partial charge on any atom is -0.469 e. The van der Waals surface area contributed by atoms with Gasteiger partial charge in [-0.15, -0.1) is 0 Å². The van der Waals surface area contributed by atoms with Crippen LogP contribution in [0.3, 0.4) is 0 Å². The Hall–Kier alpha value is -0.800. The van der Waals surface area contributed by atoms with Gasteiger partial charge in [-0.05, 0) is 12.1 Å². The molecular formula is C7H12N2O. The maximum atomic E-state index is 5.43. The van der Waals surface area contributed by atoms with Gasteiger partial charge in [0.05, 0.1) is 6.26 Å². The van der Waals surface area contributed by atoms with E-state index < -0.39 is 0 Å². The largest absolute Gasteiger partial charge is 0.469 e. The minimum atomic E-state index is 0.176. The summed E-state index contributed by atoms with van der Waals surface area (Å²) in [5, 5.41) is 0. The topological polar surface area (TPSA) is 65.2 Å². The predicted octanol–water partition coefficient (Wildman–Crippen LogP) is 0.281. The van der Waals surface area contributed by atoms with Crippen LogP contribution in [0, 0.1) is 0 Å². The van der Waals surface area contributed by atoms with Gasteiger partial charge in [-0.1, -0.05) is 0 Å². The molecule has 0 unspecified atom stereocenters. The van der Waals surface area contributed by atoms with Crippen LogP contribution in [-0.4, -0.2) is 13.1 Å². The van der Waals surface area contributed by atoms with E-state index in [0.29, 0.717) is 13.1 Å². The van der Waals surface area contributed by atoms with E-state index in [1.807, 2.05) is 12.1 Å². The van der Waals surface area contributed by atoms with Gasteiger partial charge >= 0.3 is 0 Å². The van der Waals surface area contributed by atoms with Crippen LogP contribution in [0.1, 0.15) is 11.7 Å². The standard InChI is InChI=1S/C7H12N2O/c8-4-6(5-9)7-2-1-3-10-7/h1-3,6H,4-5,8-9H2. The molecule has 0 fully saturated rings. The molecule has 0 saturated heterocycles. The number of furan rings is 1. The molecule has 1 aromatic heterocycles. The van der Waals surface area contributed by atoms with Gasteiger partial charge in [0.15, 0.2) is 0 Å². The molecule has 0 saturated carbocycles. The van der Waals surface area contributed by atoms with Crippen molar-refractivity contribution < 1.29 is 4.42 Å². The van der Waals surface area contributed by atoms with Crippen molar-refractivity contribution in [1.29, 1.82) is 0 Å². The van der Waals surface area contributed by atoms with E-state index in [4.69, 9.17) is 15.9 Å². The number of hydrogen-bond donors (Lipinski definition) is 2. The highest BCUT2D eigenvalue weighted by Gasteiger charge is 2.08. The highest BCUT2D eigenvalue weighted by atomic mass is 16.3. The lowest BCUT2D eigenvalue weighted by Crippen LogP contribution is -2.20. The molecule has 4 N–H and O–H groups in total. The van der Waals surface area contributed by atoms with Crippen LogP contribution in [0.4, 0.5) is 0 Å². The maximum absolute atomic E-state index is 5.43. The van der Waals surface area contributed by atoms with Crippen molar-refractivity contribution in [2.75, 3.05) is 13.1 Å². The molecular weight excluding hydrogens is 128 g/mol. The molecule has 0 bridgehead atoms. The van der Waals surface area contributed by atoms with Crippen LogP contribution >= 0.6 is 0 Å². The monoisotopic (exact) mass is 140 g/mol. The smallest absolute Gasteiger partial charge is 0.109 e. The Morgan fingerprint density at radius 1 is 1.40 bits per heavy atom. The third-order valence-electron chi connectivity index (χ3n) is 1.51. The van der Waals surface area contributed by atoms with Gasteiger partial charge < -0.3 is 15.9 Å². The van der Waals surface area contributed by atoms with Crippen molar-refractivity contribution in [3.63, 3.8) is 0 Å². The number of nitrogens with two attached hydrogens (primary N) is 2. The summed E-state index contributed by atoms with van der Waals surface area (Å²) in [6.07, 6.45) is 1.63. The second-order valence-electron chi connectivity index (χ2n) is 2.18. The van der Waals surface area contributed by atoms with Crippen LogP contribution in [0.5, 0.6) is 0 Å². The van der Waals surface area contributed by atoms with Crippen LogP contribution < -0.4 is 11.5 Å². The van der Waals surface area contributed by atoms with Gasteiger partial charge in [-0.2, -0.15) is 0 Å². The van der Waals surface area contributed by atoms with Crippen LogP contribution in [-0.2, 0) is 0 Å². The van der Waals surface area contributed by atoms with Crippen molar-refractivity contribution >= 4 is 0 Å². The third-order valence-corrected chi connectivity index (χ3v) is 1.51. The Balaban J connectivity index is 2.64. The van der Waals surface area contributed by atoms with Crippen molar-refractivity contribution in [3.8, 4) is 0 Å². The molecule has 1 heterocycles. The fourth-order valence-corrected chi connectivity index (χ4v) is 0.852. The zero-order chi connectivity index (χ0) is 7.40. The van der Waals surface area contributed by atoms with Gasteiger partial charge in [0.2, 0.25) is 0 Å². The van der Waals surface area contributed by atoms with E-state index in [1.165, 1.54) is 0 Å². The average Bonchev–Trinajstić information content (AvgIpc) is 2.43. The highest BCUT2D eigenvalue weighted by Crippen LogP contribution is 2.12. The first-order valence-electron chi connectivity index (χ1n) is 3.32. The quantitative estimate of drug-likeness (QED) is 0.633. The maximum Gasteiger partial charge on any atom is 0.109 e. The highest BCUT2D eigenvalue weighted by molar-refractivity contribution is 5.05. The Morgan fingerprint density at radius 3 is 2.50 bits per heavy atom. The molecule has 10 heavy (non-hydrogen) atoms. The van der Waals surface area contributed by atoms with Crippen LogP contribution in [0.25, 0.3) is 0 Å². The van der Waals surface area contributed by atoms with E-state index in [1.54, 1.807) is 6.26 Å². The molecule has 0 spiro atoms. The molecule has 0 amide bonds. The second-order valence-corrected chi connectivity index (χ2v) is 2.18. The second kappa shape index (κ2) is 3.39. The summed E-state index contributed by atoms with van der Waals surface area (Å²) in [7, 11) is 0. The van der Waals surface area contributed by atoms with Gasteiger partial charge in [-0.25, -0.2) is 0 Å². The molecule has 0 atom stereocenters. The summed E-state index contributed by atoms with van der Waals surface area (Å²) in [4.78, 5) is 0. The van der Waals surface area contributed by atoms with E-state index >= 15 is 0 Å². The zero-order valence-corrected chi connectivity index (χ0v) is 5.79. The summed E-state index contributed by atoms with van der Waals surface area (Å²) in [5.41, 5.74) is 10.9. The average molecular weight is 140 g/mol. The molecule has 3 nitrogen and oxygen atoms in total. The Labute approximate surface area is 60.0 Å². The van der Waals surface area contributed by atoms with Crippen molar-refractivity contribution in [2.24, 2.45) is 11.5 Å². The minimum absolute atomic E-state index is 0.176. The lowest BCUT2D eigenvalue weighted by atomic mass is 10.1. The molecule has 0 aromatic carbocycles. The summed E-state index contributed by atoms with van der Waals surface area (Å²) in [6.45, 7) is 1.09. The Bertz CT molecular complexity index is 168. The van der Waals surface area contributed by atoms with Gasteiger partial charge in [0.25, 0.3) is 0 Å². The van der Waals surface area contributed by atoms with E-state index in [2.05, 4.69) is 0 Å². The molecule has 0 radical (unpaired) electrons. The number of hydrogen-bond acceptors (Lipinski definition) is 3. The zero-order valence-electron chi connectivity index (χ0n) is 5.79. The normalized spacial score (nSPS) is 10.7. The molecule has 0 aliphatic heterocycles. The summed E-state index contributed by atoms with van der Waals surface area (Å²) in [6, 6.07) is 3.73. The van der Waals surface area contributed by atoms with Gasteiger partial charge in [0, 0.05) is 19.0 Å². The molecule has 56 valence electrons. The first-order chi connectivity index (χ1) is 4.88. The van der Waals surface area contributed by atoms with Gasteiger partial charge in [0.1, 0.15) is 5.76 Å². The first-order valence-corrected chi connectivity index (χ1v) is 3.32. The Kier molecular flexibility index (Phi) is 2.48. The van der Waals surface area contributed by atoms with Crippen molar-refractivity contribution in [2.45, 2.75) is 5.92 Å². The molecule has 3 heteroatoms. The van der Waals surface area contributed by atoms with E-state index in [-0.39, 0.29) is 5.92 Å². The number of rotatable bonds is 3. The SMILES string of the molecule is NCC(CN)c1ccco1. The fourth-order valence-electron chi connectivity index (χ4n) is 0.852. The van der Waals surface area contributed by atoms with Gasteiger partial charge in [-0.3, -0.25) is 0 Å². The fraction of sp³-hybridized carbons (Fsp3) is 0.429. The van der Waals surface area contributed by atoms with E-state index in [9.17, 15) is 0 Å². The lowest BCUT2D eigenvalue weighted by Gasteiger charge is -2.06. The summed E-state index contributed by atoms with van der Waals surface area (Å²) in [5.74, 6) is 1.06. The molecule has 1 aromatic rings. The molecule has 1 rings (SSSR count). The molecule has 0 aliphatic rings.